The molecule has 0 amide bonds. The van der Waals surface area contributed by atoms with E-state index >= 15 is 0 Å². The van der Waals surface area contributed by atoms with Crippen molar-refractivity contribution < 1.29 is 70.8 Å². The van der Waals surface area contributed by atoms with Gasteiger partial charge in [-0.3, -0.25) is 24.1 Å². The largest absolute Gasteiger partial charge is 2.00 e. The number of carbonyl (C=O) groups excluding carboxylic acids is 1. The van der Waals surface area contributed by atoms with Gasteiger partial charge in [0.15, 0.2) is 5.78 Å². The first-order valence-corrected chi connectivity index (χ1v) is 30.5. The zero-order valence-electron chi connectivity index (χ0n) is 47.5. The van der Waals surface area contributed by atoms with Crippen LogP contribution in [0.25, 0.3) is 105 Å². The molecule has 0 atom stereocenters. The number of carbonyl (C=O) groups is 1. The number of aliphatic hydroxyl groups excluding tert-OH is 1. The van der Waals surface area contributed by atoms with Gasteiger partial charge in [-0.2, -0.15) is 46.6 Å². The molecule has 1 N–H and O–H groups in total. The van der Waals surface area contributed by atoms with Crippen molar-refractivity contribution in [2.45, 2.75) is 20.0 Å². The van der Waals surface area contributed by atoms with Gasteiger partial charge in [-0.05, 0) is 113 Å². The molecule has 0 bridgehead atoms. The number of rotatable bonds is 8. The normalized spacial score (nSPS) is 11.7. The number of hydrogen-bond acceptors (Lipinski definition) is 8. The minimum atomic E-state index is -0.218. The second-order valence-corrected chi connectivity index (χ2v) is 19.9. The van der Waals surface area contributed by atoms with E-state index in [1.807, 2.05) is 101 Å². The van der Waals surface area contributed by atoms with Crippen LogP contribution in [0.3, 0.4) is 0 Å². The number of halogens is 1. The number of para-hydroxylation sites is 4. The van der Waals surface area contributed by atoms with Crippen LogP contribution in [0.1, 0.15) is 25.6 Å². The van der Waals surface area contributed by atoms with E-state index < -0.39 is 0 Å². The van der Waals surface area contributed by atoms with Gasteiger partial charge in [0.1, 0.15) is 12.0 Å². The van der Waals surface area contributed by atoms with E-state index in [0.29, 0.717) is 0 Å². The number of aliphatic imine (C=N–C) groups is 2. The number of nitrogens with zero attached hydrogens (tertiary/aromatic N) is 11. The zero-order chi connectivity index (χ0) is 59.6. The topological polar surface area (TPSA) is 138 Å². The van der Waals surface area contributed by atoms with Gasteiger partial charge in [-0.1, -0.05) is 108 Å². The average molecular weight is 1720 g/mol. The Morgan fingerprint density at radius 3 is 1.69 bits per heavy atom. The fourth-order valence-electron chi connectivity index (χ4n) is 10.7. The van der Waals surface area contributed by atoms with Gasteiger partial charge in [0.05, 0.1) is 5.76 Å². The molecule has 1 aliphatic heterocycles. The predicted octanol–water partition coefficient (Wildman–Crippen LogP) is 16.3. The molecule has 8 heterocycles. The van der Waals surface area contributed by atoms with Crippen molar-refractivity contribution in [2.24, 2.45) is 9.98 Å². The van der Waals surface area contributed by atoms with Crippen LogP contribution >= 0.6 is 9.42 Å². The summed E-state index contributed by atoms with van der Waals surface area (Å²) < 4.78 is 10.3. The van der Waals surface area contributed by atoms with E-state index in [1.165, 1.54) is 47.0 Å². The number of aromatic nitrogens is 9. The minimum absolute atomic E-state index is 0. The third-order valence-electron chi connectivity index (χ3n) is 14.3. The molecule has 0 unspecified atom stereocenters. The van der Waals surface area contributed by atoms with Gasteiger partial charge in [-0.25, -0.2) is 4.98 Å². The molecule has 13 nitrogen and oxygen atoms in total. The third-order valence-corrected chi connectivity index (χ3v) is 14.3. The summed E-state index contributed by atoms with van der Waals surface area (Å²) in [6, 6.07) is 84.2. The SMILES string of the molecule is CC(=O)C=C(C)O.[Cl][Pt+].[Pt+2].[Pt].[c-]1c(-c2ccccn2)cccc1-n1c2[c-]c(C3N=CC=N3)ccc2c2ccccc21.[c-]1c(-n2cccn2)ccc2c3ccccc3n(-c3ccccn3)c12.[c-]1cc2c3ccccc3n(-c3ccccc3)c2cc1-n1cccn1. The molecule has 7 aromatic heterocycles. The first kappa shape index (κ1) is 62.8. The number of aliphatic hydroxyl groups is 1. The summed E-state index contributed by atoms with van der Waals surface area (Å²) in [5.41, 5.74) is 13.4. The summed E-state index contributed by atoms with van der Waals surface area (Å²) in [4.78, 5) is 27.9. The van der Waals surface area contributed by atoms with Gasteiger partial charge < -0.3 is 23.8 Å². The molecule has 15 aromatic rings. The molecule has 1 aliphatic rings. The van der Waals surface area contributed by atoms with Crippen molar-refractivity contribution in [2.75, 3.05) is 0 Å². The van der Waals surface area contributed by atoms with Crippen molar-refractivity contribution >= 4 is 93.0 Å². The monoisotopic (exact) mass is 1720 g/mol. The summed E-state index contributed by atoms with van der Waals surface area (Å²) in [5, 5.41) is 24.1. The summed E-state index contributed by atoms with van der Waals surface area (Å²) in [7, 11) is 4.61. The van der Waals surface area contributed by atoms with Gasteiger partial charge in [0.2, 0.25) is 0 Å². The first-order valence-electron chi connectivity index (χ1n) is 27.7. The molecule has 444 valence electrons. The van der Waals surface area contributed by atoms with Crippen LogP contribution < -0.4 is 0 Å². The number of benzene rings is 8. The van der Waals surface area contributed by atoms with Crippen molar-refractivity contribution in [3.05, 3.63) is 285 Å². The van der Waals surface area contributed by atoms with E-state index in [0.717, 1.165) is 83.7 Å². The average Bonchev–Trinajstić information content (AvgIpc) is 1.64. The number of allylic oxidation sites excluding steroid dienone is 2. The van der Waals surface area contributed by atoms with Crippen LogP contribution in [-0.4, -0.2) is 66.5 Å². The Hall–Kier alpha value is -9.22. The fourth-order valence-corrected chi connectivity index (χ4v) is 10.7. The third kappa shape index (κ3) is 13.5. The number of fused-ring (bicyclic) bond motifs is 9. The maximum Gasteiger partial charge on any atom is 2.00 e. The Kier molecular flexibility index (Phi) is 20.6. The van der Waals surface area contributed by atoms with Crippen molar-refractivity contribution in [3.8, 4) is 39.8 Å². The number of pyridine rings is 2. The van der Waals surface area contributed by atoms with Crippen LogP contribution in [0, 0.1) is 24.3 Å². The molecular formula is C72H51ClN11O2Pt3-. The molecule has 16 rings (SSSR count). The zero-order valence-corrected chi connectivity index (χ0v) is 55.1. The first-order chi connectivity index (χ1) is 42.8. The summed E-state index contributed by atoms with van der Waals surface area (Å²) in [5.74, 6) is 0.824. The van der Waals surface area contributed by atoms with Crippen LogP contribution in [0.4, 0.5) is 0 Å². The molecular weight excluding hydrogens is 1670 g/mol. The Bertz CT molecular complexity index is 4770. The molecule has 0 radical (unpaired) electrons. The smallest absolute Gasteiger partial charge is 0.352 e. The number of ketones is 1. The Morgan fingerprint density at radius 2 is 1.09 bits per heavy atom. The van der Waals surface area contributed by atoms with Crippen LogP contribution in [0.2, 0.25) is 0 Å². The predicted molar refractivity (Wildman–Crippen MR) is 346 cm³/mol. The van der Waals surface area contributed by atoms with Crippen molar-refractivity contribution in [3.63, 3.8) is 0 Å². The summed E-state index contributed by atoms with van der Waals surface area (Å²) in [6.07, 6.45) is 15.5. The van der Waals surface area contributed by atoms with Crippen molar-refractivity contribution in [1.29, 1.82) is 0 Å². The van der Waals surface area contributed by atoms with E-state index in [-0.39, 0.29) is 59.8 Å². The molecule has 0 saturated heterocycles. The van der Waals surface area contributed by atoms with Crippen molar-refractivity contribution in [1.82, 2.24) is 43.2 Å². The quantitative estimate of drug-likeness (QED) is 0.0913. The Balaban J connectivity index is 0.000000137. The van der Waals surface area contributed by atoms with Gasteiger partial charge in [0.25, 0.3) is 0 Å². The molecule has 8 aromatic carbocycles. The maximum absolute atomic E-state index is 10.0. The Labute approximate surface area is 557 Å². The molecule has 17 heteroatoms. The molecule has 0 fully saturated rings. The van der Waals surface area contributed by atoms with E-state index in [9.17, 15) is 4.79 Å². The molecule has 0 saturated carbocycles. The Morgan fingerprint density at radius 1 is 0.517 bits per heavy atom. The van der Waals surface area contributed by atoms with E-state index in [1.54, 1.807) is 49.8 Å². The van der Waals surface area contributed by atoms with Crippen LogP contribution in [-0.2, 0) is 65.7 Å². The molecule has 89 heavy (non-hydrogen) atoms. The maximum atomic E-state index is 10.0. The standard InChI is InChI=1S/C26H16N4.C21H14N3.C20H13N4.C5H8O2.ClH.3Pt/c1-2-10-24-21(8-1)22-12-11-19(26-28-14-15-29-26)17-25(22)30(24)20-7-5-6-18(16-20)23-9-3-4-13-27-23;1-2-7-16(8-3-1)24-20-10-5-4-9-18(20)19-12-11-17(15-21(19)24)23-14-6-13-22-23;1-2-7-18-16(6-1)17-10-9-15(23-13-5-12-22-23)14-19(17)24(18)20-8-3-4-11-21-20;1-4(6)3-5(2)7;;;;/h1-15,26H;1-10,12-15H;1-13H;3,6H,1-2H3;1H;;;/q-2;2*-1;;;;2*+2/p-1. The van der Waals surface area contributed by atoms with E-state index in [4.69, 9.17) is 5.11 Å². The second-order valence-electron chi connectivity index (χ2n) is 19.9. The summed E-state index contributed by atoms with van der Waals surface area (Å²) in [6.45, 7) is 2.85. The van der Waals surface area contributed by atoms with Gasteiger partial charge in [0, 0.05) is 99.0 Å². The van der Waals surface area contributed by atoms with E-state index in [2.05, 4.69) is 211 Å². The molecule has 0 aliphatic carbocycles. The van der Waals surface area contributed by atoms with Crippen LogP contribution in [0.5, 0.6) is 0 Å². The fraction of sp³-hybridized carbons (Fsp3) is 0.0417. The minimum Gasteiger partial charge on any atom is -0.352 e. The second kappa shape index (κ2) is 29.2. The van der Waals surface area contributed by atoms with Gasteiger partial charge in [-0.15, -0.1) is 69.8 Å². The molecule has 0 spiro atoms. The summed E-state index contributed by atoms with van der Waals surface area (Å²) >= 11 is 1.61. The van der Waals surface area contributed by atoms with Gasteiger partial charge >= 0.3 is 49.3 Å². The number of hydrogen-bond donors (Lipinski definition) is 1. The van der Waals surface area contributed by atoms with Crippen LogP contribution in [0.15, 0.2) is 265 Å².